The molecule has 0 aliphatic rings. The number of aryl methyl sites for hydroxylation is 1. The van der Waals surface area contributed by atoms with Gasteiger partial charge in [-0.2, -0.15) is 10.2 Å². The van der Waals surface area contributed by atoms with Crippen LogP contribution in [0.25, 0.3) is 0 Å². The van der Waals surface area contributed by atoms with Crippen molar-refractivity contribution in [1.82, 2.24) is 19.6 Å². The van der Waals surface area contributed by atoms with Gasteiger partial charge in [0, 0.05) is 37.0 Å². The third-order valence-electron chi connectivity index (χ3n) is 4.08. The van der Waals surface area contributed by atoms with E-state index in [9.17, 15) is 0 Å². The lowest BCUT2D eigenvalue weighted by Crippen LogP contribution is -2.15. The standard InChI is InChI=1S/C15H25N5/c1-5-13(6-2)20-8-7-12(18-20)9-15(16)14-10-17-19(4)11(14)3/h7-8,10,13,15H,5-6,9,16H2,1-4H3. The zero-order valence-corrected chi connectivity index (χ0v) is 12.9. The quantitative estimate of drug-likeness (QED) is 0.881. The number of nitrogens with two attached hydrogens (primary N) is 1. The highest BCUT2D eigenvalue weighted by Crippen LogP contribution is 2.20. The molecule has 0 aliphatic heterocycles. The molecule has 2 aromatic heterocycles. The van der Waals surface area contributed by atoms with Crippen molar-refractivity contribution in [3.05, 3.63) is 35.4 Å². The Morgan fingerprint density at radius 2 is 2.00 bits per heavy atom. The van der Waals surface area contributed by atoms with Crippen molar-refractivity contribution >= 4 is 0 Å². The number of nitrogens with zero attached hydrogens (tertiary/aromatic N) is 4. The monoisotopic (exact) mass is 275 g/mol. The first-order valence-corrected chi connectivity index (χ1v) is 7.34. The number of hydrogen-bond acceptors (Lipinski definition) is 3. The summed E-state index contributed by atoms with van der Waals surface area (Å²) >= 11 is 0. The summed E-state index contributed by atoms with van der Waals surface area (Å²) in [7, 11) is 1.94. The van der Waals surface area contributed by atoms with Crippen LogP contribution in [0.15, 0.2) is 18.5 Å². The van der Waals surface area contributed by atoms with Gasteiger partial charge in [-0.15, -0.1) is 0 Å². The van der Waals surface area contributed by atoms with E-state index >= 15 is 0 Å². The van der Waals surface area contributed by atoms with Crippen LogP contribution >= 0.6 is 0 Å². The second kappa shape index (κ2) is 6.22. The molecule has 2 aromatic rings. The van der Waals surface area contributed by atoms with E-state index < -0.39 is 0 Å². The van der Waals surface area contributed by atoms with Gasteiger partial charge in [0.15, 0.2) is 0 Å². The van der Waals surface area contributed by atoms with Gasteiger partial charge in [0.25, 0.3) is 0 Å². The van der Waals surface area contributed by atoms with Crippen molar-refractivity contribution in [2.45, 2.75) is 52.1 Å². The minimum absolute atomic E-state index is 0.0475. The average Bonchev–Trinajstić information content (AvgIpc) is 3.00. The smallest absolute Gasteiger partial charge is 0.0643 e. The first-order valence-electron chi connectivity index (χ1n) is 7.34. The maximum atomic E-state index is 6.29. The molecule has 0 saturated carbocycles. The van der Waals surface area contributed by atoms with Gasteiger partial charge >= 0.3 is 0 Å². The van der Waals surface area contributed by atoms with Crippen molar-refractivity contribution in [3.63, 3.8) is 0 Å². The van der Waals surface area contributed by atoms with Gasteiger partial charge in [0.2, 0.25) is 0 Å². The van der Waals surface area contributed by atoms with Gasteiger partial charge in [-0.25, -0.2) is 0 Å². The molecular formula is C15H25N5. The molecule has 0 spiro atoms. The van der Waals surface area contributed by atoms with E-state index in [0.29, 0.717) is 6.04 Å². The molecule has 2 rings (SSSR count). The fourth-order valence-corrected chi connectivity index (χ4v) is 2.57. The molecule has 110 valence electrons. The van der Waals surface area contributed by atoms with Gasteiger partial charge in [-0.05, 0) is 25.8 Å². The van der Waals surface area contributed by atoms with Crippen molar-refractivity contribution in [3.8, 4) is 0 Å². The lowest BCUT2D eigenvalue weighted by Gasteiger charge is -2.13. The molecule has 2 N–H and O–H groups in total. The number of hydrogen-bond donors (Lipinski definition) is 1. The number of aromatic nitrogens is 4. The SMILES string of the molecule is CCC(CC)n1ccc(CC(N)c2cnn(C)c2C)n1. The molecule has 20 heavy (non-hydrogen) atoms. The Labute approximate surface area is 120 Å². The van der Waals surface area contributed by atoms with Crippen molar-refractivity contribution < 1.29 is 0 Å². The zero-order chi connectivity index (χ0) is 14.7. The fourth-order valence-electron chi connectivity index (χ4n) is 2.57. The van der Waals surface area contributed by atoms with Crippen LogP contribution in [0.5, 0.6) is 0 Å². The first kappa shape index (κ1) is 14.8. The largest absolute Gasteiger partial charge is 0.324 e. The summed E-state index contributed by atoms with van der Waals surface area (Å²) in [5, 5.41) is 8.91. The summed E-state index contributed by atoms with van der Waals surface area (Å²) in [6.07, 6.45) is 6.88. The molecule has 1 unspecified atom stereocenters. The molecule has 0 saturated heterocycles. The van der Waals surface area contributed by atoms with Crippen molar-refractivity contribution in [1.29, 1.82) is 0 Å². The topological polar surface area (TPSA) is 61.7 Å². The first-order chi connectivity index (χ1) is 9.56. The van der Waals surface area contributed by atoms with Gasteiger partial charge in [0.05, 0.1) is 17.9 Å². The van der Waals surface area contributed by atoms with Crippen LogP contribution in [0.3, 0.4) is 0 Å². The molecule has 1 atom stereocenters. The second-order valence-electron chi connectivity index (χ2n) is 5.38. The minimum atomic E-state index is -0.0475. The Morgan fingerprint density at radius 1 is 1.30 bits per heavy atom. The summed E-state index contributed by atoms with van der Waals surface area (Å²) in [6.45, 7) is 6.44. The molecular weight excluding hydrogens is 250 g/mol. The summed E-state index contributed by atoms with van der Waals surface area (Å²) in [6, 6.07) is 2.51. The fraction of sp³-hybridized carbons (Fsp3) is 0.600. The van der Waals surface area contributed by atoms with Crippen LogP contribution in [0.4, 0.5) is 0 Å². The molecule has 0 aromatic carbocycles. The summed E-state index contributed by atoms with van der Waals surface area (Å²) in [4.78, 5) is 0. The van der Waals surface area contributed by atoms with Crippen LogP contribution < -0.4 is 5.73 Å². The van der Waals surface area contributed by atoms with Crippen LogP contribution in [-0.4, -0.2) is 19.6 Å². The van der Waals surface area contributed by atoms with Gasteiger partial charge in [-0.3, -0.25) is 9.36 Å². The molecule has 2 heterocycles. The van der Waals surface area contributed by atoms with Crippen molar-refractivity contribution in [2.75, 3.05) is 0 Å². The van der Waals surface area contributed by atoms with E-state index in [2.05, 4.69) is 41.0 Å². The maximum Gasteiger partial charge on any atom is 0.0643 e. The average molecular weight is 275 g/mol. The van der Waals surface area contributed by atoms with Crippen LogP contribution in [0.2, 0.25) is 0 Å². The van der Waals surface area contributed by atoms with Crippen LogP contribution in [0, 0.1) is 6.92 Å². The molecule has 5 nitrogen and oxygen atoms in total. The third kappa shape index (κ3) is 2.93. The lowest BCUT2D eigenvalue weighted by molar-refractivity contribution is 0.424. The van der Waals surface area contributed by atoms with Gasteiger partial charge in [-0.1, -0.05) is 13.8 Å². The maximum absolute atomic E-state index is 6.29. The Hall–Kier alpha value is -1.62. The summed E-state index contributed by atoms with van der Waals surface area (Å²) in [5.74, 6) is 0. The third-order valence-corrected chi connectivity index (χ3v) is 4.08. The van der Waals surface area contributed by atoms with Crippen molar-refractivity contribution in [2.24, 2.45) is 12.8 Å². The Balaban J connectivity index is 2.08. The molecule has 0 bridgehead atoms. The van der Waals surface area contributed by atoms with Gasteiger partial charge < -0.3 is 5.73 Å². The van der Waals surface area contributed by atoms with Gasteiger partial charge in [0.1, 0.15) is 0 Å². The predicted octanol–water partition coefficient (Wildman–Crippen LogP) is 2.53. The molecule has 0 radical (unpaired) electrons. The normalized spacial score (nSPS) is 13.1. The lowest BCUT2D eigenvalue weighted by atomic mass is 10.0. The highest BCUT2D eigenvalue weighted by atomic mass is 15.3. The highest BCUT2D eigenvalue weighted by molar-refractivity contribution is 5.22. The van der Waals surface area contributed by atoms with E-state index in [1.807, 2.05) is 24.9 Å². The minimum Gasteiger partial charge on any atom is -0.324 e. The summed E-state index contributed by atoms with van der Waals surface area (Å²) < 4.78 is 3.93. The van der Waals surface area contributed by atoms with E-state index in [4.69, 9.17) is 5.73 Å². The predicted molar refractivity (Wildman–Crippen MR) is 80.4 cm³/mol. The Bertz CT molecular complexity index is 550. The molecule has 0 amide bonds. The Kier molecular flexibility index (Phi) is 4.60. The van der Waals surface area contributed by atoms with E-state index in [1.54, 1.807) is 0 Å². The molecule has 5 heteroatoms. The Morgan fingerprint density at radius 3 is 2.55 bits per heavy atom. The zero-order valence-electron chi connectivity index (χ0n) is 12.9. The van der Waals surface area contributed by atoms with Crippen LogP contribution in [-0.2, 0) is 13.5 Å². The second-order valence-corrected chi connectivity index (χ2v) is 5.38. The highest BCUT2D eigenvalue weighted by Gasteiger charge is 2.15. The molecule has 0 fully saturated rings. The molecule has 0 aliphatic carbocycles. The van der Waals surface area contributed by atoms with E-state index in [1.165, 1.54) is 0 Å². The van der Waals surface area contributed by atoms with E-state index in [0.717, 1.165) is 36.2 Å². The van der Waals surface area contributed by atoms with E-state index in [-0.39, 0.29) is 6.04 Å². The number of rotatable bonds is 6. The summed E-state index contributed by atoms with van der Waals surface area (Å²) in [5.41, 5.74) is 9.56. The van der Waals surface area contributed by atoms with Crippen LogP contribution in [0.1, 0.15) is 55.7 Å².